The lowest BCUT2D eigenvalue weighted by Gasteiger charge is -2.17. The molecule has 1 heterocycles. The Morgan fingerprint density at radius 1 is 0.971 bits per heavy atom. The number of alkyl halides is 2. The van der Waals surface area contributed by atoms with Gasteiger partial charge in [0.05, 0.1) is 17.7 Å². The van der Waals surface area contributed by atoms with Crippen LogP contribution in [0.25, 0.3) is 10.9 Å². The Morgan fingerprint density at radius 3 is 2.37 bits per heavy atom. The summed E-state index contributed by atoms with van der Waals surface area (Å²) in [6.45, 7) is 1.37. The van der Waals surface area contributed by atoms with Crippen LogP contribution in [0.1, 0.15) is 30.0 Å². The molecule has 0 atom stereocenters. The minimum Gasteiger partial charge on any atom is -0.497 e. The lowest BCUT2D eigenvalue weighted by atomic mass is 9.97. The van der Waals surface area contributed by atoms with Gasteiger partial charge in [-0.05, 0) is 53.9 Å². The standard InChI is InChI=1S/C26H24F2N2O4S/c1-3-26(27,28)23-16-25(31)29-24-12-9-18(14-22(23)24)13-17-7-10-21(11-8-17)35(32,33)30-19-5-4-6-20(15-19)34-2/h4-12,14-16,30H,3,13H2,1-2H3,(H,29,31). The molecule has 0 aliphatic rings. The van der Waals surface area contributed by atoms with E-state index in [0.717, 1.165) is 17.2 Å². The first-order chi connectivity index (χ1) is 16.6. The number of H-pyrrole nitrogens is 1. The van der Waals surface area contributed by atoms with Crippen LogP contribution < -0.4 is 15.0 Å². The van der Waals surface area contributed by atoms with Gasteiger partial charge < -0.3 is 9.72 Å². The SMILES string of the molecule is CCC(F)(F)c1cc(=O)[nH]c2ccc(Cc3ccc(S(=O)(=O)Nc4cccc(OC)c4)cc3)cc12. The van der Waals surface area contributed by atoms with Gasteiger partial charge in [0.2, 0.25) is 5.56 Å². The summed E-state index contributed by atoms with van der Waals surface area (Å²) < 4.78 is 62.1. The first-order valence-electron chi connectivity index (χ1n) is 10.9. The predicted octanol–water partition coefficient (Wildman–Crippen LogP) is 5.43. The van der Waals surface area contributed by atoms with Crippen LogP contribution in [0.15, 0.2) is 82.5 Å². The number of sulfonamides is 1. The Morgan fingerprint density at radius 2 is 1.69 bits per heavy atom. The van der Waals surface area contributed by atoms with Crippen molar-refractivity contribution in [1.29, 1.82) is 0 Å². The number of fused-ring (bicyclic) bond motifs is 1. The molecule has 0 amide bonds. The van der Waals surface area contributed by atoms with Gasteiger partial charge in [-0.1, -0.05) is 31.2 Å². The molecule has 4 rings (SSSR count). The average Bonchev–Trinajstić information content (AvgIpc) is 2.84. The van der Waals surface area contributed by atoms with Crippen LogP contribution in [0.5, 0.6) is 5.75 Å². The van der Waals surface area contributed by atoms with E-state index in [4.69, 9.17) is 4.74 Å². The van der Waals surface area contributed by atoms with E-state index in [2.05, 4.69) is 9.71 Å². The van der Waals surface area contributed by atoms with Gasteiger partial charge in [0, 0.05) is 35.0 Å². The van der Waals surface area contributed by atoms with Crippen molar-refractivity contribution in [2.45, 2.75) is 30.6 Å². The molecule has 0 saturated heterocycles. The van der Waals surface area contributed by atoms with Gasteiger partial charge in [-0.3, -0.25) is 9.52 Å². The molecule has 1 aromatic heterocycles. The molecular formula is C26H24F2N2O4S. The third-order valence-corrected chi connectivity index (χ3v) is 7.11. The quantitative estimate of drug-likeness (QED) is 0.339. The Bertz CT molecular complexity index is 1530. The fraction of sp³-hybridized carbons (Fsp3) is 0.192. The third kappa shape index (κ3) is 5.35. The normalized spacial score (nSPS) is 12.0. The molecule has 0 radical (unpaired) electrons. The van der Waals surface area contributed by atoms with Crippen molar-refractivity contribution in [3.63, 3.8) is 0 Å². The fourth-order valence-electron chi connectivity index (χ4n) is 3.83. The summed E-state index contributed by atoms with van der Waals surface area (Å²) in [5, 5.41) is 0.288. The molecule has 0 unspecified atom stereocenters. The number of aromatic nitrogens is 1. The van der Waals surface area contributed by atoms with Crippen molar-refractivity contribution in [3.05, 3.63) is 99.8 Å². The van der Waals surface area contributed by atoms with E-state index >= 15 is 0 Å². The Labute approximate surface area is 201 Å². The second-order valence-corrected chi connectivity index (χ2v) is 9.83. The lowest BCUT2D eigenvalue weighted by molar-refractivity contribution is -0.00686. The molecular weight excluding hydrogens is 474 g/mol. The van der Waals surface area contributed by atoms with Gasteiger partial charge in [-0.2, -0.15) is 0 Å². The number of ether oxygens (including phenoxy) is 1. The largest absolute Gasteiger partial charge is 0.497 e. The fourth-order valence-corrected chi connectivity index (χ4v) is 4.88. The van der Waals surface area contributed by atoms with Crippen LogP contribution in [0.3, 0.4) is 0 Å². The van der Waals surface area contributed by atoms with Crippen molar-refractivity contribution >= 4 is 26.6 Å². The summed E-state index contributed by atoms with van der Waals surface area (Å²) in [5.41, 5.74) is 1.40. The molecule has 9 heteroatoms. The first-order valence-corrected chi connectivity index (χ1v) is 12.4. The van der Waals surface area contributed by atoms with E-state index in [0.29, 0.717) is 23.4 Å². The third-order valence-electron chi connectivity index (χ3n) is 5.71. The lowest BCUT2D eigenvalue weighted by Crippen LogP contribution is -2.17. The van der Waals surface area contributed by atoms with E-state index in [1.54, 1.807) is 54.6 Å². The molecule has 0 aliphatic heterocycles. The highest BCUT2D eigenvalue weighted by atomic mass is 32.2. The summed E-state index contributed by atoms with van der Waals surface area (Å²) in [6.07, 6.45) is -0.0225. The maximum absolute atomic E-state index is 14.5. The van der Waals surface area contributed by atoms with Crippen molar-refractivity contribution in [2.24, 2.45) is 0 Å². The predicted molar refractivity (Wildman–Crippen MR) is 132 cm³/mol. The summed E-state index contributed by atoms with van der Waals surface area (Å²) >= 11 is 0. The van der Waals surface area contributed by atoms with E-state index in [1.165, 1.54) is 26.2 Å². The Balaban J connectivity index is 1.58. The number of nitrogens with one attached hydrogen (secondary N) is 2. The molecule has 4 aromatic rings. The second-order valence-electron chi connectivity index (χ2n) is 8.14. The number of anilines is 1. The zero-order valence-electron chi connectivity index (χ0n) is 19.1. The van der Waals surface area contributed by atoms with Gasteiger partial charge in [0.15, 0.2) is 0 Å². The number of hydrogen-bond acceptors (Lipinski definition) is 4. The van der Waals surface area contributed by atoms with Crippen LogP contribution in [-0.2, 0) is 22.4 Å². The van der Waals surface area contributed by atoms with Gasteiger partial charge in [-0.15, -0.1) is 0 Å². The highest BCUT2D eigenvalue weighted by molar-refractivity contribution is 7.92. The zero-order valence-corrected chi connectivity index (χ0v) is 20.0. The number of aromatic amines is 1. The van der Waals surface area contributed by atoms with Gasteiger partial charge in [0.25, 0.3) is 15.9 Å². The average molecular weight is 499 g/mol. The Kier molecular flexibility index (Phi) is 6.62. The number of hydrogen-bond donors (Lipinski definition) is 2. The number of benzene rings is 3. The number of rotatable bonds is 8. The van der Waals surface area contributed by atoms with Crippen molar-refractivity contribution in [3.8, 4) is 5.75 Å². The molecule has 0 bridgehead atoms. The highest BCUT2D eigenvalue weighted by Gasteiger charge is 2.31. The van der Waals surface area contributed by atoms with Crippen LogP contribution >= 0.6 is 0 Å². The maximum Gasteiger partial charge on any atom is 0.273 e. The number of pyridine rings is 1. The van der Waals surface area contributed by atoms with Crippen molar-refractivity contribution < 1.29 is 21.9 Å². The highest BCUT2D eigenvalue weighted by Crippen LogP contribution is 2.35. The number of methoxy groups -OCH3 is 1. The van der Waals surface area contributed by atoms with E-state index in [1.807, 2.05) is 0 Å². The summed E-state index contributed by atoms with van der Waals surface area (Å²) in [4.78, 5) is 14.5. The monoisotopic (exact) mass is 498 g/mol. The van der Waals surface area contributed by atoms with Crippen LogP contribution in [0.2, 0.25) is 0 Å². The molecule has 0 fully saturated rings. The molecule has 0 spiro atoms. The van der Waals surface area contributed by atoms with Crippen LogP contribution in [0, 0.1) is 0 Å². The second kappa shape index (κ2) is 9.50. The molecule has 6 nitrogen and oxygen atoms in total. The summed E-state index contributed by atoms with van der Waals surface area (Å²) in [5.74, 6) is -2.60. The zero-order chi connectivity index (χ0) is 25.2. The van der Waals surface area contributed by atoms with Gasteiger partial charge in [0.1, 0.15) is 5.75 Å². The van der Waals surface area contributed by atoms with Gasteiger partial charge in [-0.25, -0.2) is 17.2 Å². The van der Waals surface area contributed by atoms with Crippen molar-refractivity contribution in [2.75, 3.05) is 11.8 Å². The molecule has 0 aliphatic carbocycles. The smallest absolute Gasteiger partial charge is 0.273 e. The van der Waals surface area contributed by atoms with Crippen molar-refractivity contribution in [1.82, 2.24) is 4.98 Å². The molecule has 35 heavy (non-hydrogen) atoms. The molecule has 0 saturated carbocycles. The molecule has 182 valence electrons. The van der Waals surface area contributed by atoms with E-state index in [-0.39, 0.29) is 15.8 Å². The Hall–Kier alpha value is -3.72. The topological polar surface area (TPSA) is 88.3 Å². The minimum absolute atomic E-state index is 0.0880. The minimum atomic E-state index is -3.81. The summed E-state index contributed by atoms with van der Waals surface area (Å²) in [7, 11) is -2.31. The van der Waals surface area contributed by atoms with Crippen LogP contribution in [0.4, 0.5) is 14.5 Å². The molecule has 3 aromatic carbocycles. The van der Waals surface area contributed by atoms with E-state index < -0.39 is 27.9 Å². The van der Waals surface area contributed by atoms with Gasteiger partial charge >= 0.3 is 0 Å². The maximum atomic E-state index is 14.5. The molecule has 2 N–H and O–H groups in total. The number of halogens is 2. The summed E-state index contributed by atoms with van der Waals surface area (Å²) in [6, 6.07) is 18.9. The first kappa shape index (κ1) is 24.4. The van der Waals surface area contributed by atoms with Crippen LogP contribution in [-0.4, -0.2) is 20.5 Å². The van der Waals surface area contributed by atoms with E-state index in [9.17, 15) is 22.0 Å².